The van der Waals surface area contributed by atoms with E-state index in [2.05, 4.69) is 22.6 Å². The Morgan fingerprint density at radius 1 is 0.814 bits per heavy atom. The number of nitrogen functional groups attached to an aromatic ring is 1. The molecule has 4 amide bonds. The Labute approximate surface area is 347 Å². The Bertz CT molecular complexity index is 1940. The van der Waals surface area contributed by atoms with E-state index in [4.69, 9.17) is 24.7 Å². The lowest BCUT2D eigenvalue weighted by molar-refractivity contribution is -0.132. The molecule has 320 valence electrons. The van der Waals surface area contributed by atoms with Crippen molar-refractivity contribution in [2.75, 3.05) is 84.3 Å². The highest BCUT2D eigenvalue weighted by molar-refractivity contribution is 6.16. The first-order valence-corrected chi connectivity index (χ1v) is 20.1. The number of aryl methyl sites for hydroxylation is 1. The van der Waals surface area contributed by atoms with Gasteiger partial charge in [0.1, 0.15) is 17.1 Å². The maximum atomic E-state index is 14.1. The van der Waals surface area contributed by atoms with Crippen LogP contribution in [0, 0.1) is 6.92 Å². The number of carbonyl (C=O) groups excluding carboxylic acids is 5. The molecule has 1 aliphatic rings. The van der Waals surface area contributed by atoms with Crippen molar-refractivity contribution < 1.29 is 42.9 Å². The van der Waals surface area contributed by atoms with Crippen molar-refractivity contribution in [2.45, 2.75) is 65.4 Å². The van der Waals surface area contributed by atoms with Crippen LogP contribution in [0.3, 0.4) is 0 Å². The maximum absolute atomic E-state index is 14.1. The molecule has 0 unspecified atom stereocenters. The third kappa shape index (κ3) is 13.6. The maximum Gasteiger partial charge on any atom is 0.407 e. The number of alkyl carbamates (subject to hydrolysis) is 1. The van der Waals surface area contributed by atoms with Crippen molar-refractivity contribution in [3.63, 3.8) is 0 Å². The second-order valence-corrected chi connectivity index (χ2v) is 15.5. The van der Waals surface area contributed by atoms with E-state index in [0.29, 0.717) is 37.4 Å². The third-order valence-corrected chi connectivity index (χ3v) is 9.61. The first-order valence-electron chi connectivity index (χ1n) is 20.1. The van der Waals surface area contributed by atoms with Crippen LogP contribution < -0.4 is 35.5 Å². The SMILES string of the molecule is CNC(=O)COc1c(C(=O)c2ccccc2OCCCNC(=O)OC(C)(C)C)ccc(C(=O)N(C)c2ccc(C)cc2OCCCCCC(=O)N2CCN(C)CC2)c1N. The largest absolute Gasteiger partial charge is 0.493 e. The molecule has 0 spiro atoms. The second kappa shape index (κ2) is 21.8. The molecule has 0 aliphatic carbocycles. The van der Waals surface area contributed by atoms with Gasteiger partial charge in [-0.05, 0) is 102 Å². The van der Waals surface area contributed by atoms with E-state index < -0.39 is 35.9 Å². The summed E-state index contributed by atoms with van der Waals surface area (Å²) < 4.78 is 23.3. The van der Waals surface area contributed by atoms with Crippen LogP contribution in [0.5, 0.6) is 17.2 Å². The summed E-state index contributed by atoms with van der Waals surface area (Å²) in [6, 6.07) is 15.1. The number of carbonyl (C=O) groups is 5. The number of piperazine rings is 1. The molecule has 3 aromatic rings. The van der Waals surface area contributed by atoms with Gasteiger partial charge in [0.05, 0.1) is 41.3 Å². The van der Waals surface area contributed by atoms with Crippen molar-refractivity contribution in [2.24, 2.45) is 0 Å². The minimum atomic E-state index is -0.622. The zero-order valence-electron chi connectivity index (χ0n) is 35.5. The number of ether oxygens (including phenoxy) is 4. The lowest BCUT2D eigenvalue weighted by atomic mass is 9.98. The van der Waals surface area contributed by atoms with Crippen molar-refractivity contribution >= 4 is 41.0 Å². The number of rotatable bonds is 19. The Balaban J connectivity index is 1.46. The number of benzene rings is 3. The van der Waals surface area contributed by atoms with E-state index in [1.807, 2.05) is 24.0 Å². The summed E-state index contributed by atoms with van der Waals surface area (Å²) in [5, 5.41) is 5.16. The smallest absolute Gasteiger partial charge is 0.407 e. The van der Waals surface area contributed by atoms with Gasteiger partial charge in [-0.2, -0.15) is 0 Å². The van der Waals surface area contributed by atoms with Gasteiger partial charge in [-0.25, -0.2) is 4.79 Å². The quantitative estimate of drug-likeness (QED) is 0.0820. The van der Waals surface area contributed by atoms with Crippen molar-refractivity contribution in [1.29, 1.82) is 0 Å². The average molecular weight is 817 g/mol. The number of anilines is 2. The normalized spacial score (nSPS) is 13.0. The summed E-state index contributed by atoms with van der Waals surface area (Å²) in [4.78, 5) is 70.8. The van der Waals surface area contributed by atoms with Gasteiger partial charge in [0.15, 0.2) is 12.4 Å². The number of hydrogen-bond acceptors (Lipinski definition) is 11. The molecule has 0 radical (unpaired) electrons. The highest BCUT2D eigenvalue weighted by Crippen LogP contribution is 2.36. The number of nitrogens with two attached hydrogens (primary N) is 1. The van der Waals surface area contributed by atoms with Gasteiger partial charge in [0, 0.05) is 53.2 Å². The minimum Gasteiger partial charge on any atom is -0.493 e. The molecule has 0 aromatic heterocycles. The molecule has 1 heterocycles. The number of nitrogens with zero attached hydrogens (tertiary/aromatic N) is 3. The lowest BCUT2D eigenvalue weighted by Crippen LogP contribution is -2.47. The summed E-state index contributed by atoms with van der Waals surface area (Å²) in [5.41, 5.74) is 7.61. The third-order valence-electron chi connectivity index (χ3n) is 9.61. The molecule has 0 bridgehead atoms. The molecular formula is C44H60N6O9. The van der Waals surface area contributed by atoms with Crippen LogP contribution >= 0.6 is 0 Å². The van der Waals surface area contributed by atoms with E-state index in [-0.39, 0.29) is 46.4 Å². The summed E-state index contributed by atoms with van der Waals surface area (Å²) in [6.07, 6.45) is 2.73. The van der Waals surface area contributed by atoms with Crippen LogP contribution in [0.15, 0.2) is 54.6 Å². The molecule has 4 N–H and O–H groups in total. The van der Waals surface area contributed by atoms with Gasteiger partial charge in [-0.3, -0.25) is 19.2 Å². The van der Waals surface area contributed by atoms with Crippen molar-refractivity contribution in [1.82, 2.24) is 20.4 Å². The molecule has 59 heavy (non-hydrogen) atoms. The van der Waals surface area contributed by atoms with Gasteiger partial charge in [0.25, 0.3) is 11.8 Å². The van der Waals surface area contributed by atoms with Gasteiger partial charge in [0.2, 0.25) is 11.7 Å². The Hall–Kier alpha value is -5.83. The van der Waals surface area contributed by atoms with Crippen LogP contribution in [0.4, 0.5) is 16.2 Å². The number of ketones is 1. The summed E-state index contributed by atoms with van der Waals surface area (Å²) >= 11 is 0. The summed E-state index contributed by atoms with van der Waals surface area (Å²) in [5.74, 6) is -0.604. The number of likely N-dealkylation sites (N-methyl/N-ethyl adjacent to an activating group) is 2. The van der Waals surface area contributed by atoms with Gasteiger partial charge < -0.3 is 50.0 Å². The topological polar surface area (TPSA) is 182 Å². The summed E-state index contributed by atoms with van der Waals surface area (Å²) in [7, 11) is 5.11. The minimum absolute atomic E-state index is 0.0258. The van der Waals surface area contributed by atoms with E-state index in [9.17, 15) is 24.0 Å². The molecule has 1 aliphatic heterocycles. The first-order chi connectivity index (χ1) is 28.1. The molecule has 1 fully saturated rings. The zero-order valence-corrected chi connectivity index (χ0v) is 35.5. The molecular weight excluding hydrogens is 757 g/mol. The fourth-order valence-corrected chi connectivity index (χ4v) is 6.27. The van der Waals surface area contributed by atoms with Crippen molar-refractivity contribution in [3.8, 4) is 17.2 Å². The molecule has 0 saturated carbocycles. The Kier molecular flexibility index (Phi) is 16.9. The van der Waals surface area contributed by atoms with Crippen LogP contribution in [0.1, 0.15) is 84.7 Å². The predicted octanol–water partition coefficient (Wildman–Crippen LogP) is 5.22. The molecule has 15 nitrogen and oxygen atoms in total. The number of hydrogen-bond donors (Lipinski definition) is 3. The standard InChI is InChI=1S/C44H60N6O9/c1-30-17-20-34(36(28-30)57-26-12-8-9-16-38(52)50-24-22-48(6)23-25-50)49(7)42(54)32-18-19-33(41(39(32)45)58-29-37(51)46-5)40(53)31-14-10-11-15-35(31)56-27-13-21-47-43(55)59-44(2,3)4/h10-11,14-15,17-20,28H,8-9,12-13,16,21-27,29,45H2,1-7H3,(H,46,51)(H,47,55). The predicted molar refractivity (Wildman–Crippen MR) is 227 cm³/mol. The van der Waals surface area contributed by atoms with E-state index in [1.165, 1.54) is 24.1 Å². The van der Waals surface area contributed by atoms with E-state index in [1.54, 1.807) is 58.2 Å². The van der Waals surface area contributed by atoms with Gasteiger partial charge >= 0.3 is 6.09 Å². The second-order valence-electron chi connectivity index (χ2n) is 15.5. The highest BCUT2D eigenvalue weighted by Gasteiger charge is 2.27. The zero-order chi connectivity index (χ0) is 43.1. The number of unbranched alkanes of at least 4 members (excludes halogenated alkanes) is 2. The van der Waals surface area contributed by atoms with Crippen LogP contribution in [-0.2, 0) is 14.3 Å². The summed E-state index contributed by atoms with van der Waals surface area (Å²) in [6.45, 7) is 11.0. The van der Waals surface area contributed by atoms with Crippen LogP contribution in [0.25, 0.3) is 0 Å². The number of amides is 4. The van der Waals surface area contributed by atoms with Crippen LogP contribution in [0.2, 0.25) is 0 Å². The molecule has 0 atom stereocenters. The molecule has 15 heteroatoms. The highest BCUT2D eigenvalue weighted by atomic mass is 16.6. The molecule has 1 saturated heterocycles. The monoisotopic (exact) mass is 816 g/mol. The van der Waals surface area contributed by atoms with E-state index in [0.717, 1.165) is 51.0 Å². The van der Waals surface area contributed by atoms with E-state index >= 15 is 0 Å². The lowest BCUT2D eigenvalue weighted by Gasteiger charge is -2.32. The first kappa shape index (κ1) is 45.9. The van der Waals surface area contributed by atoms with Gasteiger partial charge in [-0.15, -0.1) is 0 Å². The van der Waals surface area contributed by atoms with Crippen LogP contribution in [-0.4, -0.2) is 119 Å². The average Bonchev–Trinajstić information content (AvgIpc) is 3.20. The fraction of sp³-hybridized carbons (Fsp3) is 0.477. The van der Waals surface area contributed by atoms with Crippen molar-refractivity contribution in [3.05, 3.63) is 76.9 Å². The molecule has 4 rings (SSSR count). The fourth-order valence-electron chi connectivity index (χ4n) is 6.27. The Morgan fingerprint density at radius 2 is 1.49 bits per heavy atom. The Morgan fingerprint density at radius 3 is 2.20 bits per heavy atom. The molecule has 3 aromatic carbocycles. The number of nitrogens with one attached hydrogen (secondary N) is 2. The number of para-hydroxylation sites is 1. The van der Waals surface area contributed by atoms with Gasteiger partial charge in [-0.1, -0.05) is 18.2 Å².